The Morgan fingerprint density at radius 1 is 1.12 bits per heavy atom. The van der Waals surface area contributed by atoms with Crippen LogP contribution in [0.1, 0.15) is 9.67 Å². The van der Waals surface area contributed by atoms with E-state index in [1.165, 1.54) is 23.1 Å². The molecule has 0 spiro atoms. The lowest BCUT2D eigenvalue weighted by Crippen LogP contribution is -2.02. The number of ketones is 1. The number of benzene rings is 1. The molecule has 0 bridgehead atoms. The van der Waals surface area contributed by atoms with Crippen LogP contribution in [0.4, 0.5) is 0 Å². The summed E-state index contributed by atoms with van der Waals surface area (Å²) in [6.07, 6.45) is 0. The van der Waals surface area contributed by atoms with Crippen LogP contribution in [0, 0.1) is 0 Å². The van der Waals surface area contributed by atoms with Gasteiger partial charge in [0.15, 0.2) is 11.4 Å². The Hall–Kier alpha value is -2.03. The van der Waals surface area contributed by atoms with Crippen LogP contribution in [0.25, 0.3) is 16.9 Å². The molecule has 0 fully saturated rings. The molecule has 8 heteroatoms. The molecule has 25 heavy (non-hydrogen) atoms. The van der Waals surface area contributed by atoms with Gasteiger partial charge in [0.05, 0.1) is 16.3 Å². The van der Waals surface area contributed by atoms with Crippen molar-refractivity contribution in [3.63, 3.8) is 0 Å². The summed E-state index contributed by atoms with van der Waals surface area (Å²) < 4.78 is 2.70. The first-order valence-electron chi connectivity index (χ1n) is 7.38. The molecule has 0 saturated carbocycles. The molecule has 3 aromatic heterocycles. The summed E-state index contributed by atoms with van der Waals surface area (Å²) in [6, 6.07) is 15.4. The molecule has 0 saturated heterocycles. The second-order valence-electron chi connectivity index (χ2n) is 5.17. The molecule has 3 heterocycles. The molecular formula is C17H11BrN4OS2. The minimum atomic E-state index is 0.0841. The van der Waals surface area contributed by atoms with Crippen molar-refractivity contribution in [3.05, 3.63) is 63.3 Å². The molecule has 0 unspecified atom stereocenters. The Bertz CT molecular complexity index is 1030. The van der Waals surface area contributed by atoms with Crippen molar-refractivity contribution in [1.82, 2.24) is 19.8 Å². The number of hydrogen-bond acceptors (Lipinski definition) is 6. The van der Waals surface area contributed by atoms with Crippen molar-refractivity contribution >= 4 is 50.5 Å². The van der Waals surface area contributed by atoms with E-state index in [0.29, 0.717) is 16.6 Å². The largest absolute Gasteiger partial charge is 0.292 e. The van der Waals surface area contributed by atoms with Gasteiger partial charge in [0.25, 0.3) is 0 Å². The number of nitrogens with zero attached hydrogens (tertiary/aromatic N) is 4. The first kappa shape index (κ1) is 16.4. The zero-order valence-electron chi connectivity index (χ0n) is 12.8. The van der Waals surface area contributed by atoms with Gasteiger partial charge in [0, 0.05) is 10.0 Å². The maximum absolute atomic E-state index is 12.2. The fourth-order valence-electron chi connectivity index (χ4n) is 2.27. The van der Waals surface area contributed by atoms with Crippen molar-refractivity contribution in [1.29, 1.82) is 0 Å². The van der Waals surface area contributed by atoms with Crippen LogP contribution >= 0.6 is 39.0 Å². The number of fused-ring (bicyclic) bond motifs is 1. The van der Waals surface area contributed by atoms with E-state index in [-0.39, 0.29) is 5.78 Å². The Morgan fingerprint density at radius 3 is 2.72 bits per heavy atom. The number of thiophene rings is 1. The number of halogens is 1. The third-order valence-corrected chi connectivity index (χ3v) is 5.86. The molecular weight excluding hydrogens is 420 g/mol. The normalized spacial score (nSPS) is 11.1. The number of carbonyl (C=O) groups excluding carboxylic acids is 1. The van der Waals surface area contributed by atoms with Gasteiger partial charge in [-0.1, -0.05) is 45.9 Å². The molecule has 0 amide bonds. The monoisotopic (exact) mass is 430 g/mol. The summed E-state index contributed by atoms with van der Waals surface area (Å²) in [5, 5.41) is 15.4. The predicted octanol–water partition coefficient (Wildman–Crippen LogP) is 4.59. The van der Waals surface area contributed by atoms with Gasteiger partial charge in [-0.2, -0.15) is 9.61 Å². The van der Waals surface area contributed by atoms with Gasteiger partial charge in [0.1, 0.15) is 0 Å². The van der Waals surface area contributed by atoms with Gasteiger partial charge >= 0.3 is 0 Å². The second-order valence-corrected chi connectivity index (χ2v) is 7.97. The Kier molecular flexibility index (Phi) is 4.65. The minimum absolute atomic E-state index is 0.0841. The quantitative estimate of drug-likeness (QED) is 0.342. The number of rotatable bonds is 5. The molecule has 4 rings (SSSR count). The van der Waals surface area contributed by atoms with E-state index < -0.39 is 0 Å². The summed E-state index contributed by atoms with van der Waals surface area (Å²) in [6.45, 7) is 0. The highest BCUT2D eigenvalue weighted by atomic mass is 79.9. The number of carbonyl (C=O) groups is 1. The molecule has 124 valence electrons. The molecule has 0 radical (unpaired) electrons. The van der Waals surface area contributed by atoms with Crippen LogP contribution in [-0.4, -0.2) is 31.3 Å². The lowest BCUT2D eigenvalue weighted by atomic mass is 10.1. The summed E-state index contributed by atoms with van der Waals surface area (Å²) in [7, 11) is 0. The highest BCUT2D eigenvalue weighted by Crippen LogP contribution is 2.23. The van der Waals surface area contributed by atoms with Crippen LogP contribution in [-0.2, 0) is 0 Å². The first-order valence-corrected chi connectivity index (χ1v) is 10.0. The minimum Gasteiger partial charge on any atom is -0.292 e. The van der Waals surface area contributed by atoms with Crippen LogP contribution < -0.4 is 0 Å². The van der Waals surface area contributed by atoms with Crippen LogP contribution in [0.2, 0.25) is 0 Å². The molecule has 1 aromatic carbocycles. The smallest absolute Gasteiger partial charge is 0.212 e. The van der Waals surface area contributed by atoms with Gasteiger partial charge in [-0.05, 0) is 35.7 Å². The molecule has 4 aromatic rings. The van der Waals surface area contributed by atoms with E-state index in [0.717, 1.165) is 20.6 Å². The number of hydrogen-bond donors (Lipinski definition) is 0. The average molecular weight is 431 g/mol. The summed E-state index contributed by atoms with van der Waals surface area (Å²) in [4.78, 5) is 12.9. The van der Waals surface area contributed by atoms with Crippen molar-refractivity contribution in [2.75, 3.05) is 5.75 Å². The van der Waals surface area contributed by atoms with Gasteiger partial charge in [-0.15, -0.1) is 21.5 Å². The third-order valence-electron chi connectivity index (χ3n) is 3.50. The fraction of sp³-hybridized carbons (Fsp3) is 0.0588. The number of thioether (sulfide) groups is 1. The molecule has 5 nitrogen and oxygen atoms in total. The van der Waals surface area contributed by atoms with Crippen molar-refractivity contribution in [3.8, 4) is 11.3 Å². The zero-order chi connectivity index (χ0) is 17.2. The van der Waals surface area contributed by atoms with E-state index in [1.54, 1.807) is 4.52 Å². The maximum atomic E-state index is 12.2. The summed E-state index contributed by atoms with van der Waals surface area (Å²) in [5.74, 6) is 0.395. The lowest BCUT2D eigenvalue weighted by Gasteiger charge is -2.03. The van der Waals surface area contributed by atoms with E-state index in [9.17, 15) is 4.79 Å². The van der Waals surface area contributed by atoms with Crippen LogP contribution in [0.3, 0.4) is 0 Å². The third kappa shape index (κ3) is 3.51. The standard InChI is InChI=1S/C17H11BrN4OS2/c18-12-5-3-11(4-6-12)13-7-8-16-19-20-17(22(16)21-13)25-10-14(23)15-2-1-9-24-15/h1-9H,10H2. The molecule has 0 N–H and O–H groups in total. The van der Waals surface area contributed by atoms with Gasteiger partial charge in [-0.25, -0.2) is 0 Å². The maximum Gasteiger partial charge on any atom is 0.212 e. The Labute approximate surface area is 160 Å². The average Bonchev–Trinajstić information content (AvgIpc) is 3.30. The van der Waals surface area contributed by atoms with E-state index in [2.05, 4.69) is 31.2 Å². The second kappa shape index (κ2) is 7.07. The number of Topliss-reactive ketones (excluding diaryl/α,β-unsaturated/α-hetero) is 1. The zero-order valence-corrected chi connectivity index (χ0v) is 16.0. The van der Waals surface area contributed by atoms with Crippen molar-refractivity contribution < 1.29 is 4.79 Å². The topological polar surface area (TPSA) is 60.2 Å². The van der Waals surface area contributed by atoms with Gasteiger partial charge in [0.2, 0.25) is 5.16 Å². The highest BCUT2D eigenvalue weighted by molar-refractivity contribution is 9.10. The molecule has 0 aliphatic carbocycles. The summed E-state index contributed by atoms with van der Waals surface area (Å²) in [5.41, 5.74) is 2.49. The van der Waals surface area contributed by atoms with Gasteiger partial charge < -0.3 is 0 Å². The van der Waals surface area contributed by atoms with Crippen molar-refractivity contribution in [2.45, 2.75) is 5.16 Å². The van der Waals surface area contributed by atoms with E-state index in [4.69, 9.17) is 0 Å². The molecule has 0 aliphatic rings. The Balaban J connectivity index is 1.60. The van der Waals surface area contributed by atoms with E-state index in [1.807, 2.05) is 53.9 Å². The highest BCUT2D eigenvalue weighted by Gasteiger charge is 2.13. The van der Waals surface area contributed by atoms with Crippen LogP contribution in [0.5, 0.6) is 0 Å². The van der Waals surface area contributed by atoms with Gasteiger partial charge in [-0.3, -0.25) is 4.79 Å². The lowest BCUT2D eigenvalue weighted by molar-refractivity contribution is 0.102. The fourth-order valence-corrected chi connectivity index (χ4v) is 4.06. The molecule has 0 atom stereocenters. The van der Waals surface area contributed by atoms with E-state index >= 15 is 0 Å². The van der Waals surface area contributed by atoms with Crippen LogP contribution in [0.15, 0.2) is 63.5 Å². The Morgan fingerprint density at radius 2 is 1.96 bits per heavy atom. The SMILES string of the molecule is O=C(CSc1nnc2ccc(-c3ccc(Br)cc3)nn12)c1cccs1. The number of aromatic nitrogens is 4. The molecule has 0 aliphatic heterocycles. The predicted molar refractivity (Wildman–Crippen MR) is 103 cm³/mol. The van der Waals surface area contributed by atoms with Crippen molar-refractivity contribution in [2.24, 2.45) is 0 Å². The summed E-state index contributed by atoms with van der Waals surface area (Å²) >= 11 is 6.23. The first-order chi connectivity index (χ1) is 12.2.